The van der Waals surface area contributed by atoms with E-state index in [4.69, 9.17) is 9.84 Å². The molecular weight excluding hydrogens is 592 g/mol. The summed E-state index contributed by atoms with van der Waals surface area (Å²) in [6.07, 6.45) is 58.3. The molecule has 0 fully saturated rings. The second-order valence-electron chi connectivity index (χ2n) is 12.0. The van der Waals surface area contributed by atoms with Gasteiger partial charge in [0, 0.05) is 12.8 Å². The Morgan fingerprint density at radius 1 is 0.500 bits per heavy atom. The minimum atomic E-state index is -0.729. The van der Waals surface area contributed by atoms with Gasteiger partial charge in [-0.05, 0) is 96.0 Å². The fraction of sp³-hybridized carbons (Fsp3) is 0.545. The maximum atomic E-state index is 12.6. The molecule has 0 radical (unpaired) electrons. The fourth-order valence-electron chi connectivity index (χ4n) is 4.72. The molecule has 4 nitrogen and oxygen atoms in total. The molecule has 0 saturated heterocycles. The van der Waals surface area contributed by atoms with Crippen molar-refractivity contribution in [3.05, 3.63) is 109 Å². The fourth-order valence-corrected chi connectivity index (χ4v) is 4.72. The average Bonchev–Trinajstić information content (AvgIpc) is 3.07. The van der Waals surface area contributed by atoms with Gasteiger partial charge in [-0.25, -0.2) is 0 Å². The molecule has 1 N–H and O–H groups in total. The van der Waals surface area contributed by atoms with Crippen LogP contribution in [0.25, 0.3) is 0 Å². The molecule has 0 bridgehead atoms. The summed E-state index contributed by atoms with van der Waals surface area (Å²) in [7, 11) is 0. The highest BCUT2D eigenvalue weighted by Crippen LogP contribution is 2.13. The molecule has 0 amide bonds. The molecule has 0 aromatic heterocycles. The average molecular weight is 661 g/mol. The molecule has 0 spiro atoms. The highest BCUT2D eigenvalue weighted by atomic mass is 16.5. The first-order valence-corrected chi connectivity index (χ1v) is 18.9. The van der Waals surface area contributed by atoms with E-state index in [9.17, 15) is 9.59 Å². The molecule has 1 atom stereocenters. The van der Waals surface area contributed by atoms with Crippen LogP contribution in [-0.2, 0) is 14.3 Å². The maximum Gasteiger partial charge on any atom is 0.306 e. The Balaban J connectivity index is 4.35. The number of carboxylic acids is 1. The minimum absolute atomic E-state index is 0.158. The van der Waals surface area contributed by atoms with Crippen LogP contribution in [0.1, 0.15) is 149 Å². The molecule has 0 aliphatic heterocycles. The summed E-state index contributed by atoms with van der Waals surface area (Å²) in [4.78, 5) is 23.3. The highest BCUT2D eigenvalue weighted by Gasteiger charge is 2.11. The van der Waals surface area contributed by atoms with Gasteiger partial charge >= 0.3 is 11.9 Å². The van der Waals surface area contributed by atoms with Crippen molar-refractivity contribution in [3.8, 4) is 0 Å². The van der Waals surface area contributed by atoms with Crippen LogP contribution >= 0.6 is 0 Å². The van der Waals surface area contributed by atoms with E-state index in [0.717, 1.165) is 96.3 Å². The van der Waals surface area contributed by atoms with Gasteiger partial charge in [0.05, 0.1) is 0 Å². The van der Waals surface area contributed by atoms with E-state index < -0.39 is 5.97 Å². The molecule has 0 aromatic carbocycles. The summed E-state index contributed by atoms with van der Waals surface area (Å²) in [6.45, 7) is 4.38. The predicted molar refractivity (Wildman–Crippen MR) is 208 cm³/mol. The van der Waals surface area contributed by atoms with Crippen molar-refractivity contribution in [1.82, 2.24) is 0 Å². The number of allylic oxidation sites excluding steroid dienone is 17. The molecule has 0 saturated carbocycles. The zero-order valence-corrected chi connectivity index (χ0v) is 30.5. The zero-order valence-electron chi connectivity index (χ0n) is 30.5. The van der Waals surface area contributed by atoms with Gasteiger partial charge in [0.1, 0.15) is 6.10 Å². The second kappa shape index (κ2) is 38.1. The van der Waals surface area contributed by atoms with Crippen molar-refractivity contribution in [2.75, 3.05) is 0 Å². The van der Waals surface area contributed by atoms with Crippen molar-refractivity contribution >= 4 is 11.9 Å². The van der Waals surface area contributed by atoms with E-state index in [2.05, 4.69) is 117 Å². The number of rotatable bonds is 32. The number of esters is 1. The van der Waals surface area contributed by atoms with Crippen LogP contribution in [0.2, 0.25) is 0 Å². The van der Waals surface area contributed by atoms with Crippen molar-refractivity contribution in [2.24, 2.45) is 0 Å². The van der Waals surface area contributed by atoms with Crippen molar-refractivity contribution in [3.63, 3.8) is 0 Å². The lowest BCUT2D eigenvalue weighted by molar-refractivity contribution is -0.147. The first-order chi connectivity index (χ1) is 23.6. The Hall–Kier alpha value is -3.40. The Labute approximate surface area is 294 Å². The molecule has 1 unspecified atom stereocenters. The van der Waals surface area contributed by atoms with Crippen molar-refractivity contribution in [2.45, 2.75) is 155 Å². The lowest BCUT2D eigenvalue weighted by atomic mass is 10.1. The number of aliphatic carboxylic acids is 1. The van der Waals surface area contributed by atoms with Gasteiger partial charge in [-0.1, -0.05) is 149 Å². The van der Waals surface area contributed by atoms with E-state index in [1.807, 2.05) is 6.08 Å². The van der Waals surface area contributed by atoms with Crippen LogP contribution in [0.3, 0.4) is 0 Å². The number of unbranched alkanes of at least 4 members (excludes halogenated alkanes) is 7. The van der Waals surface area contributed by atoms with Crippen LogP contribution < -0.4 is 0 Å². The van der Waals surface area contributed by atoms with Crippen LogP contribution in [-0.4, -0.2) is 23.1 Å². The normalized spacial score (nSPS) is 13.5. The number of carbonyl (C=O) groups is 2. The Morgan fingerprint density at radius 2 is 0.958 bits per heavy atom. The van der Waals surface area contributed by atoms with Gasteiger partial charge in [0.15, 0.2) is 0 Å². The molecule has 48 heavy (non-hydrogen) atoms. The third-order valence-corrected chi connectivity index (χ3v) is 7.48. The zero-order chi connectivity index (χ0) is 35.0. The summed E-state index contributed by atoms with van der Waals surface area (Å²) in [5, 5.41) is 8.80. The van der Waals surface area contributed by atoms with Gasteiger partial charge in [-0.3, -0.25) is 9.59 Å². The molecule has 0 heterocycles. The van der Waals surface area contributed by atoms with Crippen molar-refractivity contribution < 1.29 is 19.4 Å². The Bertz CT molecular complexity index is 1020. The molecule has 268 valence electrons. The van der Waals surface area contributed by atoms with Gasteiger partial charge in [0.2, 0.25) is 0 Å². The Kier molecular flexibility index (Phi) is 35.4. The van der Waals surface area contributed by atoms with E-state index >= 15 is 0 Å². The second-order valence-corrected chi connectivity index (χ2v) is 12.0. The molecule has 0 rings (SSSR count). The molecule has 0 aromatic rings. The van der Waals surface area contributed by atoms with E-state index in [-0.39, 0.29) is 18.5 Å². The standard InChI is InChI=1S/C44H68O4/c1-3-5-7-9-11-13-15-16-17-18-19-20-21-22-24-26-28-33-37-41-44(47)48-42(39-35-31-29-32-36-40-43(45)46)38-34-30-27-25-23-14-12-10-8-6-4-2/h5,7,11-14,16-17,19-20,22,24-25,27-28,33-34,38,42H,3-4,6,8-10,15,18,21,23,26,29-32,35-37,39-41H2,1-2H3,(H,45,46)/b7-5-,13-11-,14-12-,17-16-,20-19-,24-22-,27-25-,33-28-,38-34-. The van der Waals surface area contributed by atoms with Gasteiger partial charge in [0.25, 0.3) is 0 Å². The van der Waals surface area contributed by atoms with Crippen LogP contribution in [0.4, 0.5) is 0 Å². The number of carbonyl (C=O) groups excluding carboxylic acids is 1. The lowest BCUT2D eigenvalue weighted by Gasteiger charge is -2.14. The van der Waals surface area contributed by atoms with E-state index in [1.165, 1.54) is 19.3 Å². The molecular formula is C44H68O4. The van der Waals surface area contributed by atoms with Gasteiger partial charge < -0.3 is 9.84 Å². The van der Waals surface area contributed by atoms with Crippen LogP contribution in [0.5, 0.6) is 0 Å². The minimum Gasteiger partial charge on any atom is -0.481 e. The number of carboxylic acid groups (broad SMARTS) is 1. The summed E-state index contributed by atoms with van der Waals surface area (Å²) in [6, 6.07) is 0. The predicted octanol–water partition coefficient (Wildman–Crippen LogP) is 13.2. The third-order valence-electron chi connectivity index (χ3n) is 7.48. The number of ether oxygens (including phenoxy) is 1. The number of hydrogen-bond donors (Lipinski definition) is 1. The molecule has 4 heteroatoms. The van der Waals surface area contributed by atoms with Gasteiger partial charge in [-0.2, -0.15) is 0 Å². The molecule has 0 aliphatic rings. The smallest absolute Gasteiger partial charge is 0.306 e. The third kappa shape index (κ3) is 37.1. The van der Waals surface area contributed by atoms with E-state index in [1.54, 1.807) is 0 Å². The monoisotopic (exact) mass is 661 g/mol. The van der Waals surface area contributed by atoms with Crippen LogP contribution in [0.15, 0.2) is 109 Å². The summed E-state index contributed by atoms with van der Waals surface area (Å²) < 4.78 is 5.83. The first kappa shape index (κ1) is 44.6. The largest absolute Gasteiger partial charge is 0.481 e. The van der Waals surface area contributed by atoms with Crippen LogP contribution in [0, 0.1) is 0 Å². The topological polar surface area (TPSA) is 63.6 Å². The highest BCUT2D eigenvalue weighted by molar-refractivity contribution is 5.69. The maximum absolute atomic E-state index is 12.6. The number of hydrogen-bond acceptors (Lipinski definition) is 3. The quantitative estimate of drug-likeness (QED) is 0.0443. The summed E-state index contributed by atoms with van der Waals surface area (Å²) in [5.41, 5.74) is 0. The SMILES string of the molecule is CC/C=C\C/C=C\C/C=C\C/C=C\C/C=C\C/C=C\CCC(=O)OC(/C=C\C/C=C\C/C=C\CCCCC)CCCCCCCC(=O)O. The lowest BCUT2D eigenvalue weighted by Crippen LogP contribution is -2.16. The summed E-state index contributed by atoms with van der Waals surface area (Å²) in [5.74, 6) is -0.887. The first-order valence-electron chi connectivity index (χ1n) is 18.9. The molecule has 0 aliphatic carbocycles. The van der Waals surface area contributed by atoms with Crippen molar-refractivity contribution in [1.29, 1.82) is 0 Å². The van der Waals surface area contributed by atoms with E-state index in [0.29, 0.717) is 12.8 Å². The van der Waals surface area contributed by atoms with Gasteiger partial charge in [-0.15, -0.1) is 0 Å². The summed E-state index contributed by atoms with van der Waals surface area (Å²) >= 11 is 0. The Morgan fingerprint density at radius 3 is 1.48 bits per heavy atom.